The van der Waals surface area contributed by atoms with Crippen molar-refractivity contribution in [2.45, 2.75) is 0 Å². The summed E-state index contributed by atoms with van der Waals surface area (Å²) in [4.78, 5) is 21.7. The van der Waals surface area contributed by atoms with Crippen LogP contribution in [0.3, 0.4) is 0 Å². The van der Waals surface area contributed by atoms with Crippen LogP contribution in [0.4, 0.5) is 0 Å². The minimum absolute atomic E-state index is 0. The van der Waals surface area contributed by atoms with Gasteiger partial charge in [-0.1, -0.05) is 0 Å². The van der Waals surface area contributed by atoms with Crippen molar-refractivity contribution in [3.63, 3.8) is 0 Å². The Hall–Kier alpha value is 1.23. The van der Waals surface area contributed by atoms with Gasteiger partial charge in [0.25, 0.3) is 0 Å². The molecule has 0 aromatic rings. The minimum atomic E-state index is -2.62. The van der Waals surface area contributed by atoms with Crippen LogP contribution in [0.1, 0.15) is 0 Å². The molecular formula is H3O3PTl. The summed E-state index contributed by atoms with van der Waals surface area (Å²) in [6.45, 7) is 0. The third kappa shape index (κ3) is 36.0. The second-order valence-corrected chi connectivity index (χ2v) is 0.805. The van der Waals surface area contributed by atoms with E-state index < -0.39 is 8.60 Å². The van der Waals surface area contributed by atoms with Crippen molar-refractivity contribution in [2.24, 2.45) is 0 Å². The van der Waals surface area contributed by atoms with Crippen LogP contribution in [0.15, 0.2) is 0 Å². The summed E-state index contributed by atoms with van der Waals surface area (Å²) in [5.41, 5.74) is 0. The molecule has 0 aliphatic heterocycles. The molecule has 1 radical (unpaired) electrons. The Morgan fingerprint density at radius 2 is 1.00 bits per heavy atom. The monoisotopic (exact) mass is 287 g/mol. The van der Waals surface area contributed by atoms with Gasteiger partial charge in [0.1, 0.15) is 0 Å². The summed E-state index contributed by atoms with van der Waals surface area (Å²) in [5, 5.41) is 0. The molecule has 0 heterocycles. The molecule has 0 amide bonds. The molecule has 5 heteroatoms. The molecule has 29 valence electrons. The van der Waals surface area contributed by atoms with E-state index in [0.717, 1.165) is 0 Å². The maximum absolute atomic E-state index is 7.23. The van der Waals surface area contributed by atoms with Crippen molar-refractivity contribution < 1.29 is 14.7 Å². The van der Waals surface area contributed by atoms with Gasteiger partial charge >= 0.3 is 8.60 Å². The predicted octanol–water partition coefficient (Wildman–Crippen LogP) is -1.19. The SMILES string of the molecule is OP(O)O.[Tl]. The van der Waals surface area contributed by atoms with Gasteiger partial charge in [-0.05, 0) is 0 Å². The van der Waals surface area contributed by atoms with Crippen molar-refractivity contribution in [3.8, 4) is 0 Å². The Labute approximate surface area is 50.8 Å². The largest absolute Gasteiger partial charge is 0.328 e. The molecule has 3 nitrogen and oxygen atoms in total. The Kier molecular flexibility index (Phi) is 9.97. The molecule has 0 atom stereocenters. The average Bonchev–Trinajstić information content (AvgIpc) is 0.811. The fraction of sp³-hybridized carbons (Fsp3) is 0. The van der Waals surface area contributed by atoms with Crippen molar-refractivity contribution in [3.05, 3.63) is 0 Å². The molecule has 0 aliphatic rings. The van der Waals surface area contributed by atoms with Crippen LogP contribution in [0.5, 0.6) is 0 Å². The van der Waals surface area contributed by atoms with E-state index in [9.17, 15) is 0 Å². The molecule has 0 rings (SSSR count). The Bertz CT molecular complexity index is 11.6. The molecule has 0 aliphatic carbocycles. The van der Waals surface area contributed by atoms with E-state index in [4.69, 9.17) is 14.7 Å². The molecular weight excluding hydrogens is 283 g/mol. The molecule has 0 aromatic carbocycles. The summed E-state index contributed by atoms with van der Waals surface area (Å²) >= 11 is 0. The van der Waals surface area contributed by atoms with E-state index in [1.54, 1.807) is 0 Å². The Morgan fingerprint density at radius 3 is 1.00 bits per heavy atom. The van der Waals surface area contributed by atoms with Gasteiger partial charge in [0, 0.05) is 27.3 Å². The van der Waals surface area contributed by atoms with Gasteiger partial charge in [-0.2, -0.15) is 0 Å². The van der Waals surface area contributed by atoms with E-state index in [-0.39, 0.29) is 27.3 Å². The predicted molar refractivity (Wildman–Crippen MR) is 19.3 cm³/mol. The zero-order chi connectivity index (χ0) is 3.58. The van der Waals surface area contributed by atoms with E-state index in [1.165, 1.54) is 0 Å². The molecule has 0 aromatic heterocycles. The zero-order valence-corrected chi connectivity index (χ0v) is 7.75. The summed E-state index contributed by atoms with van der Waals surface area (Å²) in [6, 6.07) is 0. The Balaban J connectivity index is 0. The molecule has 0 spiro atoms. The molecule has 3 N–H and O–H groups in total. The van der Waals surface area contributed by atoms with Crippen molar-refractivity contribution >= 4 is 35.9 Å². The van der Waals surface area contributed by atoms with Crippen LogP contribution < -0.4 is 0 Å². The fourth-order valence-corrected chi connectivity index (χ4v) is 0. The van der Waals surface area contributed by atoms with E-state index in [0.29, 0.717) is 0 Å². The van der Waals surface area contributed by atoms with Gasteiger partial charge in [-0.25, -0.2) is 0 Å². The van der Waals surface area contributed by atoms with Crippen LogP contribution in [-0.2, 0) is 0 Å². The van der Waals surface area contributed by atoms with Crippen LogP contribution >= 0.6 is 8.60 Å². The first-order valence-electron chi connectivity index (χ1n) is 0.600. The first-order valence-corrected chi connectivity index (χ1v) is 1.80. The second kappa shape index (κ2) is 5.23. The second-order valence-electron chi connectivity index (χ2n) is 0.268. The maximum Gasteiger partial charge on any atom is 0.324 e. The van der Waals surface area contributed by atoms with E-state index in [2.05, 4.69) is 0 Å². The van der Waals surface area contributed by atoms with Crippen LogP contribution in [0, 0.1) is 0 Å². The first-order chi connectivity index (χ1) is 1.73. The smallest absolute Gasteiger partial charge is 0.324 e. The topological polar surface area (TPSA) is 60.7 Å². The summed E-state index contributed by atoms with van der Waals surface area (Å²) < 4.78 is 0. The van der Waals surface area contributed by atoms with Gasteiger partial charge in [0.2, 0.25) is 0 Å². The van der Waals surface area contributed by atoms with E-state index in [1.807, 2.05) is 0 Å². The van der Waals surface area contributed by atoms with Gasteiger partial charge in [-0.15, -0.1) is 0 Å². The molecule has 0 saturated heterocycles. The van der Waals surface area contributed by atoms with Crippen molar-refractivity contribution in [1.82, 2.24) is 0 Å². The number of hydrogen-bond acceptors (Lipinski definition) is 3. The summed E-state index contributed by atoms with van der Waals surface area (Å²) in [5.74, 6) is 0. The van der Waals surface area contributed by atoms with Gasteiger partial charge in [-0.3, -0.25) is 0 Å². The summed E-state index contributed by atoms with van der Waals surface area (Å²) in [6.07, 6.45) is 0. The molecule has 5 heavy (non-hydrogen) atoms. The maximum atomic E-state index is 7.23. The molecule has 0 saturated carbocycles. The Morgan fingerprint density at radius 1 is 1.00 bits per heavy atom. The van der Waals surface area contributed by atoms with Crippen LogP contribution in [0.2, 0.25) is 0 Å². The number of hydrogen-bond donors (Lipinski definition) is 3. The molecule has 0 bridgehead atoms. The third-order valence-electron chi connectivity index (χ3n) is 0. The van der Waals surface area contributed by atoms with Crippen molar-refractivity contribution in [2.75, 3.05) is 0 Å². The first kappa shape index (κ1) is 9.53. The van der Waals surface area contributed by atoms with Gasteiger partial charge in [0.15, 0.2) is 0 Å². The van der Waals surface area contributed by atoms with Gasteiger partial charge < -0.3 is 14.7 Å². The molecule has 0 unspecified atom stereocenters. The standard InChI is InChI=1S/H3O3P.Tl/c1-4(2)3;/h1-3H;. The van der Waals surface area contributed by atoms with Crippen molar-refractivity contribution in [1.29, 1.82) is 0 Å². The fourth-order valence-electron chi connectivity index (χ4n) is 0. The normalized spacial score (nSPS) is 7.20. The molecule has 0 fully saturated rings. The average molecular weight is 286 g/mol. The summed E-state index contributed by atoms with van der Waals surface area (Å²) in [7, 11) is -2.62. The van der Waals surface area contributed by atoms with Gasteiger partial charge in [0.05, 0.1) is 0 Å². The van der Waals surface area contributed by atoms with Crippen LogP contribution in [0.25, 0.3) is 0 Å². The third-order valence-corrected chi connectivity index (χ3v) is 0. The minimum Gasteiger partial charge on any atom is -0.328 e. The quantitative estimate of drug-likeness (QED) is 0.388. The van der Waals surface area contributed by atoms with E-state index >= 15 is 0 Å². The van der Waals surface area contributed by atoms with Crippen LogP contribution in [-0.4, -0.2) is 42.0 Å². The zero-order valence-electron chi connectivity index (χ0n) is 2.37. The number of rotatable bonds is 0.